The van der Waals surface area contributed by atoms with Gasteiger partial charge in [0.25, 0.3) is 5.91 Å². The number of carbonyl (C=O) groups is 3. The Kier molecular flexibility index (Phi) is 12.3. The highest BCUT2D eigenvalue weighted by molar-refractivity contribution is 6.02. The Morgan fingerprint density at radius 3 is 2.17 bits per heavy atom. The van der Waals surface area contributed by atoms with Gasteiger partial charge in [0, 0.05) is 36.3 Å². The largest absolute Gasteiger partial charge is 0.444 e. The summed E-state index contributed by atoms with van der Waals surface area (Å²) in [6.07, 6.45) is -3.14. The van der Waals surface area contributed by atoms with Gasteiger partial charge in [-0.05, 0) is 80.2 Å². The van der Waals surface area contributed by atoms with Crippen LogP contribution in [0.15, 0.2) is 51.9 Å². The molecular formula is C37H47F3N6O7. The van der Waals surface area contributed by atoms with Crippen LogP contribution in [0.3, 0.4) is 0 Å². The van der Waals surface area contributed by atoms with Gasteiger partial charge in [-0.25, -0.2) is 27.7 Å². The number of carbonyl (C=O) groups excluding carboxylic acids is 3. The van der Waals surface area contributed by atoms with Crippen molar-refractivity contribution in [2.75, 3.05) is 18.4 Å². The van der Waals surface area contributed by atoms with E-state index in [-0.39, 0.29) is 24.5 Å². The van der Waals surface area contributed by atoms with Crippen LogP contribution >= 0.6 is 0 Å². The van der Waals surface area contributed by atoms with E-state index in [1.807, 2.05) is 4.90 Å². The predicted molar refractivity (Wildman–Crippen MR) is 191 cm³/mol. The molecule has 0 spiro atoms. The number of pyridine rings is 1. The average Bonchev–Trinajstić information content (AvgIpc) is 3.37. The molecular weight excluding hydrogens is 697 g/mol. The number of alkyl carbamates (subject to hydrolysis) is 1. The molecule has 4 atom stereocenters. The summed E-state index contributed by atoms with van der Waals surface area (Å²) >= 11 is 0. The minimum absolute atomic E-state index is 0.0360. The Hall–Kier alpha value is -4.96. The van der Waals surface area contributed by atoms with Gasteiger partial charge in [0.05, 0.1) is 40.9 Å². The van der Waals surface area contributed by atoms with Gasteiger partial charge >= 0.3 is 12.2 Å². The van der Waals surface area contributed by atoms with Crippen LogP contribution in [0.2, 0.25) is 0 Å². The first-order valence-electron chi connectivity index (χ1n) is 17.1. The van der Waals surface area contributed by atoms with Crippen LogP contribution in [0.4, 0.5) is 28.4 Å². The molecule has 16 heteroatoms. The number of ether oxygens (including phenoxy) is 2. The molecule has 1 saturated heterocycles. The van der Waals surface area contributed by atoms with Crippen LogP contribution in [0.1, 0.15) is 78.7 Å². The number of nitrogens with one attached hydrogen (secondary N) is 3. The maximum atomic E-state index is 15.5. The summed E-state index contributed by atoms with van der Waals surface area (Å²) in [6, 6.07) is 2.77. The number of aliphatic hydroxyl groups is 2. The Morgan fingerprint density at radius 1 is 0.981 bits per heavy atom. The Morgan fingerprint density at radius 2 is 1.58 bits per heavy atom. The molecule has 13 nitrogen and oxygen atoms in total. The number of aliphatic hydroxyl groups excluding tert-OH is 2. The molecule has 2 heterocycles. The lowest BCUT2D eigenvalue weighted by molar-refractivity contribution is 0.00416. The maximum Gasteiger partial charge on any atom is 0.412 e. The topological polar surface area (TPSA) is 175 Å². The van der Waals surface area contributed by atoms with Crippen LogP contribution in [0, 0.1) is 23.4 Å². The highest BCUT2D eigenvalue weighted by Crippen LogP contribution is 2.37. The molecule has 1 aliphatic heterocycles. The number of hydrogen-bond donors (Lipinski definition) is 5. The Balaban J connectivity index is 1.83. The lowest BCUT2D eigenvalue weighted by Crippen LogP contribution is -2.59. The van der Waals surface area contributed by atoms with Crippen LogP contribution in [-0.4, -0.2) is 87.4 Å². The first-order chi connectivity index (χ1) is 24.6. The number of benzene rings is 1. The van der Waals surface area contributed by atoms with Crippen molar-refractivity contribution in [1.29, 1.82) is 0 Å². The Bertz CT molecular complexity index is 1820. The molecule has 2 aromatic rings. The number of likely N-dealkylation sites (tertiary alicyclic amines) is 1. The van der Waals surface area contributed by atoms with Crippen molar-refractivity contribution in [2.24, 2.45) is 10.9 Å². The molecule has 0 radical (unpaired) electrons. The third-order valence-electron chi connectivity index (χ3n) is 8.37. The third-order valence-corrected chi connectivity index (χ3v) is 8.37. The van der Waals surface area contributed by atoms with Gasteiger partial charge in [0.2, 0.25) is 0 Å². The van der Waals surface area contributed by atoms with E-state index in [2.05, 4.69) is 32.6 Å². The third kappa shape index (κ3) is 9.93. The van der Waals surface area contributed by atoms with Crippen LogP contribution in [0.25, 0.3) is 11.3 Å². The molecule has 1 aromatic heterocycles. The molecule has 1 fully saturated rings. The number of aliphatic imine (C=N–C) groups is 1. The molecule has 4 rings (SSSR count). The zero-order chi connectivity index (χ0) is 39.6. The van der Waals surface area contributed by atoms with E-state index in [4.69, 9.17) is 9.47 Å². The number of nitrogens with zero attached hydrogens (tertiary/aromatic N) is 3. The van der Waals surface area contributed by atoms with Crippen molar-refractivity contribution in [3.63, 3.8) is 0 Å². The summed E-state index contributed by atoms with van der Waals surface area (Å²) in [5.41, 5.74) is -3.15. The zero-order valence-corrected chi connectivity index (χ0v) is 31.1. The van der Waals surface area contributed by atoms with E-state index < -0.39 is 93.6 Å². The zero-order valence-electron chi connectivity index (χ0n) is 31.1. The summed E-state index contributed by atoms with van der Waals surface area (Å²) < 4.78 is 55.9. The SMILES string of the molecule is C=NC1=C(/C(=C(\C)NC(=O)c2nc(-c3c(F)cccc3F)c(F)cc2NC(=O)OC(C)(C)C)N2C[C@H](C)[C@@H](O)[C@H](NC(=O)OC(C)(C)C)C2)CCC1O. The van der Waals surface area contributed by atoms with Crippen molar-refractivity contribution in [1.82, 2.24) is 20.5 Å². The molecule has 1 unspecified atom stereocenters. The number of allylic oxidation sites excluding steroid dienone is 2. The van der Waals surface area contributed by atoms with Gasteiger partial charge in [-0.1, -0.05) is 13.0 Å². The average molecular weight is 745 g/mol. The fraction of sp³-hybridized carbons (Fsp3) is 0.486. The second kappa shape index (κ2) is 16.0. The number of hydrogen-bond acceptors (Lipinski definition) is 10. The number of amides is 3. The smallest absolute Gasteiger partial charge is 0.412 e. The van der Waals surface area contributed by atoms with E-state index in [1.165, 1.54) is 0 Å². The van der Waals surface area contributed by atoms with Crippen molar-refractivity contribution >= 4 is 30.5 Å². The number of halogens is 3. The lowest BCUT2D eigenvalue weighted by Gasteiger charge is -2.43. The fourth-order valence-electron chi connectivity index (χ4n) is 6.25. The van der Waals surface area contributed by atoms with Crippen molar-refractivity contribution < 1.29 is 47.2 Å². The Labute approximate surface area is 306 Å². The standard InChI is InChI=1S/C37H47F3N6O7/c1-18-16-46(17-25(32(18)48)44-35(51)53-37(6,7)8)31(20-13-14-26(47)28(20)41-9)19(2)42-33(49)30-24(43-34(50)52-36(3,4)5)15-23(40)29(45-30)27-21(38)11-10-12-22(27)39/h10-12,15,18,25-26,32,47-48H,9,13-14,16-17H2,1-8H3,(H,42,49)(H,43,50)(H,44,51)/b31-19-/t18-,25+,26?,32+/m0/s1. The molecule has 0 saturated carbocycles. The second-order valence-electron chi connectivity index (χ2n) is 15.1. The van der Waals surface area contributed by atoms with Crippen molar-refractivity contribution in [2.45, 2.75) is 97.7 Å². The van der Waals surface area contributed by atoms with Gasteiger partial charge in [0.1, 0.15) is 28.5 Å². The van der Waals surface area contributed by atoms with E-state index in [1.54, 1.807) is 55.4 Å². The van der Waals surface area contributed by atoms with Crippen molar-refractivity contribution in [3.8, 4) is 11.3 Å². The van der Waals surface area contributed by atoms with Gasteiger partial charge in [-0.3, -0.25) is 15.1 Å². The summed E-state index contributed by atoms with van der Waals surface area (Å²) in [5.74, 6) is -4.94. The van der Waals surface area contributed by atoms with E-state index in [0.29, 0.717) is 30.2 Å². The van der Waals surface area contributed by atoms with Crippen LogP contribution in [0.5, 0.6) is 0 Å². The maximum absolute atomic E-state index is 15.5. The molecule has 1 aliphatic carbocycles. The highest BCUT2D eigenvalue weighted by atomic mass is 19.1. The summed E-state index contributed by atoms with van der Waals surface area (Å²) in [4.78, 5) is 49.6. The van der Waals surface area contributed by atoms with Gasteiger partial charge < -0.3 is 35.2 Å². The van der Waals surface area contributed by atoms with Crippen LogP contribution in [-0.2, 0) is 9.47 Å². The monoisotopic (exact) mass is 744 g/mol. The summed E-state index contributed by atoms with van der Waals surface area (Å²) in [5, 5.41) is 29.6. The number of rotatable bonds is 8. The van der Waals surface area contributed by atoms with Gasteiger partial charge in [-0.15, -0.1) is 0 Å². The summed E-state index contributed by atoms with van der Waals surface area (Å²) in [7, 11) is 0. The first kappa shape index (κ1) is 40.8. The molecule has 1 aromatic carbocycles. The molecule has 288 valence electrons. The fourth-order valence-corrected chi connectivity index (χ4v) is 6.25. The van der Waals surface area contributed by atoms with Crippen LogP contribution < -0.4 is 16.0 Å². The number of piperidine rings is 1. The minimum atomic E-state index is -1.24. The second-order valence-corrected chi connectivity index (χ2v) is 15.1. The van der Waals surface area contributed by atoms with Gasteiger partial charge in [-0.2, -0.15) is 0 Å². The predicted octanol–water partition coefficient (Wildman–Crippen LogP) is 5.79. The quantitative estimate of drug-likeness (QED) is 0.210. The number of anilines is 1. The van der Waals surface area contributed by atoms with Crippen molar-refractivity contribution in [3.05, 3.63) is 70.1 Å². The molecule has 3 amide bonds. The van der Waals surface area contributed by atoms with Gasteiger partial charge in [0.15, 0.2) is 11.5 Å². The number of aromatic nitrogens is 1. The van der Waals surface area contributed by atoms with E-state index >= 15 is 4.39 Å². The van der Waals surface area contributed by atoms with E-state index in [9.17, 15) is 33.4 Å². The minimum Gasteiger partial charge on any atom is -0.444 e. The van der Waals surface area contributed by atoms with E-state index in [0.717, 1.165) is 18.2 Å². The molecule has 0 bridgehead atoms. The first-order valence-corrected chi connectivity index (χ1v) is 17.1. The lowest BCUT2D eigenvalue weighted by atomic mass is 9.90. The highest BCUT2D eigenvalue weighted by Gasteiger charge is 2.39. The molecule has 5 N–H and O–H groups in total. The summed E-state index contributed by atoms with van der Waals surface area (Å²) in [6.45, 7) is 17.1. The molecule has 2 aliphatic rings. The normalized spacial score (nSPS) is 21.1. The molecule has 53 heavy (non-hydrogen) atoms.